The fraction of sp³-hybridized carbons (Fsp3) is 0.667. The van der Waals surface area contributed by atoms with E-state index in [9.17, 15) is 9.59 Å². The van der Waals surface area contributed by atoms with Gasteiger partial charge in [-0.05, 0) is 18.8 Å². The Labute approximate surface area is 102 Å². The molecule has 1 aromatic rings. The average molecular weight is 257 g/mol. The summed E-state index contributed by atoms with van der Waals surface area (Å²) in [6.45, 7) is 0. The highest BCUT2D eigenvalue weighted by Crippen LogP contribution is 2.40. The van der Waals surface area contributed by atoms with Gasteiger partial charge in [0.1, 0.15) is 5.54 Å². The van der Waals surface area contributed by atoms with Crippen LogP contribution < -0.4 is 17.2 Å². The van der Waals surface area contributed by atoms with Gasteiger partial charge in [0, 0.05) is 12.8 Å². The lowest BCUT2D eigenvalue weighted by Crippen LogP contribution is -2.56. The van der Waals surface area contributed by atoms with Crippen LogP contribution in [0.15, 0.2) is 9.95 Å². The van der Waals surface area contributed by atoms with Crippen molar-refractivity contribution in [2.24, 2.45) is 24.4 Å². The van der Waals surface area contributed by atoms with Crippen molar-refractivity contribution in [1.82, 2.24) is 14.8 Å². The van der Waals surface area contributed by atoms with Gasteiger partial charge in [0.05, 0.1) is 0 Å². The second-order valence-electron chi connectivity index (χ2n) is 4.34. The Morgan fingerprint density at radius 1 is 1.71 bits per heavy atom. The summed E-state index contributed by atoms with van der Waals surface area (Å²) < 4.78 is 1.37. The van der Waals surface area contributed by atoms with E-state index in [1.165, 1.54) is 16.3 Å². The first kappa shape index (κ1) is 12.2. The van der Waals surface area contributed by atoms with Crippen LogP contribution in [0.3, 0.4) is 0 Å². The van der Waals surface area contributed by atoms with Crippen molar-refractivity contribution >= 4 is 17.7 Å². The molecule has 1 amide bonds. The molecule has 1 saturated carbocycles. The monoisotopic (exact) mass is 257 g/mol. The molecule has 0 bridgehead atoms. The molecule has 1 unspecified atom stereocenters. The summed E-state index contributed by atoms with van der Waals surface area (Å²) in [4.78, 5) is 22.6. The maximum atomic E-state index is 11.4. The minimum absolute atomic E-state index is 0.156. The lowest BCUT2D eigenvalue weighted by molar-refractivity contribution is -0.123. The van der Waals surface area contributed by atoms with Crippen molar-refractivity contribution in [2.75, 3.05) is 5.75 Å². The highest BCUT2D eigenvalue weighted by atomic mass is 32.2. The molecule has 0 spiro atoms. The summed E-state index contributed by atoms with van der Waals surface area (Å²) in [7, 11) is 1.60. The van der Waals surface area contributed by atoms with Crippen molar-refractivity contribution in [2.45, 2.75) is 23.5 Å². The molecule has 7 nitrogen and oxygen atoms in total. The Morgan fingerprint density at radius 3 is 2.76 bits per heavy atom. The standard InChI is InChI=1S/C9H15N5O2S/c1-14-7(16)12-13-8(14)17-4-9(11,6(10)15)5-2-3-5/h5H,2-4,11H2,1H3,(H2,10,15)(H,12,16). The summed E-state index contributed by atoms with van der Waals surface area (Å²) in [5, 5.41) is 6.67. The largest absolute Gasteiger partial charge is 0.368 e. The topological polar surface area (TPSA) is 120 Å². The van der Waals surface area contributed by atoms with Gasteiger partial charge in [-0.1, -0.05) is 11.8 Å². The number of rotatable bonds is 5. The number of aromatic amines is 1. The fourth-order valence-corrected chi connectivity index (χ4v) is 2.77. The lowest BCUT2D eigenvalue weighted by Gasteiger charge is -2.24. The van der Waals surface area contributed by atoms with Crippen molar-refractivity contribution in [3.8, 4) is 0 Å². The summed E-state index contributed by atoms with van der Waals surface area (Å²) in [5.74, 6) is 0.00186. The highest BCUT2D eigenvalue weighted by molar-refractivity contribution is 7.99. The Morgan fingerprint density at radius 2 is 2.35 bits per heavy atom. The number of hydrogen-bond acceptors (Lipinski definition) is 5. The zero-order valence-electron chi connectivity index (χ0n) is 9.47. The molecule has 0 radical (unpaired) electrons. The molecule has 0 aliphatic heterocycles. The number of nitrogens with one attached hydrogen (secondary N) is 1. The number of amides is 1. The number of aromatic nitrogens is 3. The van der Waals surface area contributed by atoms with E-state index in [1.807, 2.05) is 0 Å². The SMILES string of the molecule is Cn1c(SCC(N)(C(N)=O)C2CC2)n[nH]c1=O. The van der Waals surface area contributed by atoms with E-state index in [1.54, 1.807) is 7.05 Å². The smallest absolute Gasteiger partial charge is 0.343 e. The van der Waals surface area contributed by atoms with Crippen LogP contribution in [0.25, 0.3) is 0 Å². The van der Waals surface area contributed by atoms with Crippen LogP contribution in [0.1, 0.15) is 12.8 Å². The first-order valence-electron chi connectivity index (χ1n) is 5.28. The normalized spacial score (nSPS) is 18.9. The zero-order valence-corrected chi connectivity index (χ0v) is 10.3. The molecule has 0 aromatic carbocycles. The van der Waals surface area contributed by atoms with Crippen molar-refractivity contribution < 1.29 is 4.79 Å². The zero-order chi connectivity index (χ0) is 12.6. The number of thioether (sulfide) groups is 1. The van der Waals surface area contributed by atoms with Gasteiger partial charge in [-0.2, -0.15) is 0 Å². The quantitative estimate of drug-likeness (QED) is 0.572. The average Bonchev–Trinajstić information content (AvgIpc) is 3.07. The van der Waals surface area contributed by atoms with Gasteiger partial charge in [0.2, 0.25) is 5.91 Å². The molecular formula is C9H15N5O2S. The van der Waals surface area contributed by atoms with E-state index in [-0.39, 0.29) is 11.6 Å². The molecule has 5 N–H and O–H groups in total. The number of nitrogens with two attached hydrogens (primary N) is 2. The summed E-state index contributed by atoms with van der Waals surface area (Å²) >= 11 is 1.27. The van der Waals surface area contributed by atoms with Crippen molar-refractivity contribution in [3.05, 3.63) is 10.5 Å². The maximum Gasteiger partial charge on any atom is 0.343 e. The molecule has 0 saturated heterocycles. The van der Waals surface area contributed by atoms with Crippen LogP contribution >= 0.6 is 11.8 Å². The summed E-state index contributed by atoms with van der Waals surface area (Å²) in [5.41, 5.74) is 10.1. The van der Waals surface area contributed by atoms with Crippen molar-refractivity contribution in [3.63, 3.8) is 0 Å². The predicted molar refractivity (Wildman–Crippen MR) is 63.4 cm³/mol. The van der Waals surface area contributed by atoms with Gasteiger partial charge in [-0.25, -0.2) is 9.89 Å². The number of carbonyl (C=O) groups is 1. The highest BCUT2D eigenvalue weighted by Gasteiger charge is 2.46. The number of primary amides is 1. The number of H-pyrrole nitrogens is 1. The summed E-state index contributed by atoms with van der Waals surface area (Å²) in [6, 6.07) is 0. The first-order chi connectivity index (χ1) is 7.95. The second kappa shape index (κ2) is 4.19. The van der Waals surface area contributed by atoms with Crippen LogP contribution in [-0.2, 0) is 11.8 Å². The molecule has 1 atom stereocenters. The van der Waals surface area contributed by atoms with E-state index < -0.39 is 11.4 Å². The molecule has 1 aliphatic rings. The molecule has 17 heavy (non-hydrogen) atoms. The minimum Gasteiger partial charge on any atom is -0.368 e. The second-order valence-corrected chi connectivity index (χ2v) is 5.28. The number of hydrogen-bond donors (Lipinski definition) is 3. The molecule has 1 fully saturated rings. The third-order valence-corrected chi connectivity index (χ3v) is 4.29. The van der Waals surface area contributed by atoms with Crippen molar-refractivity contribution in [1.29, 1.82) is 0 Å². The molecule has 1 heterocycles. The Hall–Kier alpha value is -1.28. The van der Waals surface area contributed by atoms with Gasteiger partial charge in [-0.15, -0.1) is 5.10 Å². The van der Waals surface area contributed by atoms with E-state index >= 15 is 0 Å². The van der Waals surface area contributed by atoms with E-state index in [0.29, 0.717) is 10.9 Å². The molecule has 2 rings (SSSR count). The summed E-state index contributed by atoms with van der Waals surface area (Å²) in [6.07, 6.45) is 1.86. The minimum atomic E-state index is -1.00. The van der Waals surface area contributed by atoms with Gasteiger partial charge in [0.15, 0.2) is 5.16 Å². The lowest BCUT2D eigenvalue weighted by atomic mass is 9.96. The Bertz CT molecular complexity index is 492. The molecule has 1 aliphatic carbocycles. The van der Waals surface area contributed by atoms with E-state index in [2.05, 4.69) is 10.2 Å². The Kier molecular flexibility index (Phi) is 3.00. The molecule has 94 valence electrons. The van der Waals surface area contributed by atoms with Gasteiger partial charge in [-0.3, -0.25) is 9.36 Å². The third kappa shape index (κ3) is 2.22. The molecule has 1 aromatic heterocycles. The van der Waals surface area contributed by atoms with Crippen LogP contribution in [0.4, 0.5) is 0 Å². The number of nitrogens with zero attached hydrogens (tertiary/aromatic N) is 2. The third-order valence-electron chi connectivity index (χ3n) is 3.04. The van der Waals surface area contributed by atoms with Gasteiger partial charge >= 0.3 is 5.69 Å². The van der Waals surface area contributed by atoms with Crippen LogP contribution in [-0.4, -0.2) is 32.0 Å². The number of carbonyl (C=O) groups excluding carboxylic acids is 1. The first-order valence-corrected chi connectivity index (χ1v) is 6.26. The van der Waals surface area contributed by atoms with Gasteiger partial charge in [0.25, 0.3) is 0 Å². The van der Waals surface area contributed by atoms with Crippen LogP contribution in [0.2, 0.25) is 0 Å². The van der Waals surface area contributed by atoms with Crippen LogP contribution in [0, 0.1) is 5.92 Å². The molecule has 8 heteroatoms. The Balaban J connectivity index is 2.08. The molecular weight excluding hydrogens is 242 g/mol. The fourth-order valence-electron chi connectivity index (χ4n) is 1.63. The van der Waals surface area contributed by atoms with E-state index in [0.717, 1.165) is 12.8 Å². The predicted octanol–water partition coefficient (Wildman–Crippen LogP) is -1.21. The van der Waals surface area contributed by atoms with Crippen LogP contribution in [0.5, 0.6) is 0 Å². The van der Waals surface area contributed by atoms with Gasteiger partial charge < -0.3 is 11.5 Å². The van der Waals surface area contributed by atoms with E-state index in [4.69, 9.17) is 11.5 Å². The maximum absolute atomic E-state index is 11.4.